The van der Waals surface area contributed by atoms with Crippen LogP contribution < -0.4 is 14.4 Å². The summed E-state index contributed by atoms with van der Waals surface area (Å²) in [6, 6.07) is 17.3. The molecule has 0 spiro atoms. The zero-order valence-corrected chi connectivity index (χ0v) is 17.1. The lowest BCUT2D eigenvalue weighted by Crippen LogP contribution is -2.26. The molecule has 27 heavy (non-hydrogen) atoms. The maximum atomic E-state index is 13.1. The molecule has 3 aromatic rings. The van der Waals surface area contributed by atoms with Crippen molar-refractivity contribution in [3.8, 4) is 11.5 Å². The molecule has 6 heteroatoms. The number of hydrogen-bond donors (Lipinski definition) is 0. The van der Waals surface area contributed by atoms with Gasteiger partial charge in [-0.2, -0.15) is 0 Å². The minimum atomic E-state index is -0.0588. The van der Waals surface area contributed by atoms with Crippen LogP contribution in [0.3, 0.4) is 0 Å². The number of carbonyl (C=O) groups is 1. The highest BCUT2D eigenvalue weighted by atomic mass is 32.2. The molecule has 0 fully saturated rings. The minimum absolute atomic E-state index is 0.0588. The maximum absolute atomic E-state index is 13.1. The number of thiophene rings is 1. The third kappa shape index (κ3) is 4.46. The van der Waals surface area contributed by atoms with E-state index < -0.39 is 0 Å². The summed E-state index contributed by atoms with van der Waals surface area (Å²) in [4.78, 5) is 17.0. The summed E-state index contributed by atoms with van der Waals surface area (Å²) in [5.74, 6) is 2.02. The van der Waals surface area contributed by atoms with Gasteiger partial charge in [0.2, 0.25) is 0 Å². The Morgan fingerprint density at radius 1 is 1.04 bits per heavy atom. The van der Waals surface area contributed by atoms with Crippen molar-refractivity contribution in [1.82, 2.24) is 0 Å². The molecule has 0 aliphatic rings. The van der Waals surface area contributed by atoms with Crippen molar-refractivity contribution >= 4 is 34.7 Å². The summed E-state index contributed by atoms with van der Waals surface area (Å²) in [7, 11) is 4.94. The molecule has 1 heterocycles. The molecule has 0 atom stereocenters. The highest BCUT2D eigenvalue weighted by Gasteiger charge is 2.18. The van der Waals surface area contributed by atoms with Crippen LogP contribution in [0.2, 0.25) is 0 Å². The molecule has 0 N–H and O–H groups in total. The molecule has 2 aromatic carbocycles. The number of hydrogen-bond acceptors (Lipinski definition) is 5. The van der Waals surface area contributed by atoms with Crippen LogP contribution in [0.15, 0.2) is 64.9 Å². The SMILES string of the molecule is COc1ccc(N(C)C(=O)c2ccccc2SCc2cccs2)cc1OC. The highest BCUT2D eigenvalue weighted by Crippen LogP contribution is 2.33. The van der Waals surface area contributed by atoms with Gasteiger partial charge in [0.25, 0.3) is 5.91 Å². The molecule has 0 bridgehead atoms. The van der Waals surface area contributed by atoms with Crippen LogP contribution in [0.5, 0.6) is 11.5 Å². The maximum Gasteiger partial charge on any atom is 0.259 e. The molecule has 0 saturated carbocycles. The van der Waals surface area contributed by atoms with Gasteiger partial charge in [-0.1, -0.05) is 18.2 Å². The molecule has 4 nitrogen and oxygen atoms in total. The second kappa shape index (κ2) is 8.97. The number of rotatable bonds is 7. The number of carbonyl (C=O) groups excluding carboxylic acids is 1. The van der Waals surface area contributed by atoms with Crippen LogP contribution in [0.1, 0.15) is 15.2 Å². The Labute approximate surface area is 167 Å². The molecule has 0 aliphatic carbocycles. The average Bonchev–Trinajstić information content (AvgIpc) is 3.24. The van der Waals surface area contributed by atoms with E-state index in [1.807, 2.05) is 36.4 Å². The zero-order chi connectivity index (χ0) is 19.2. The lowest BCUT2D eigenvalue weighted by molar-refractivity contribution is 0.0990. The van der Waals surface area contributed by atoms with Gasteiger partial charge in [-0.05, 0) is 35.7 Å². The van der Waals surface area contributed by atoms with Gasteiger partial charge in [-0.3, -0.25) is 4.79 Å². The fourth-order valence-corrected chi connectivity index (χ4v) is 4.46. The molecule has 140 valence electrons. The molecule has 3 rings (SSSR count). The monoisotopic (exact) mass is 399 g/mol. The van der Waals surface area contributed by atoms with Crippen LogP contribution in [-0.2, 0) is 5.75 Å². The molecule has 0 aliphatic heterocycles. The normalized spacial score (nSPS) is 10.5. The van der Waals surface area contributed by atoms with E-state index in [0.717, 1.165) is 16.3 Å². The van der Waals surface area contributed by atoms with Crippen molar-refractivity contribution in [2.75, 3.05) is 26.2 Å². The van der Waals surface area contributed by atoms with Crippen LogP contribution in [-0.4, -0.2) is 27.2 Å². The lowest BCUT2D eigenvalue weighted by Gasteiger charge is -2.20. The third-order valence-electron chi connectivity index (χ3n) is 4.13. The first-order valence-corrected chi connectivity index (χ1v) is 10.2. The van der Waals surface area contributed by atoms with Gasteiger partial charge in [0.15, 0.2) is 11.5 Å². The molecule has 1 aromatic heterocycles. The van der Waals surface area contributed by atoms with E-state index >= 15 is 0 Å². The Morgan fingerprint density at radius 3 is 2.52 bits per heavy atom. The Kier molecular flexibility index (Phi) is 6.42. The Morgan fingerprint density at radius 2 is 1.81 bits per heavy atom. The minimum Gasteiger partial charge on any atom is -0.493 e. The van der Waals surface area contributed by atoms with Crippen molar-refractivity contribution in [2.24, 2.45) is 0 Å². The van der Waals surface area contributed by atoms with E-state index in [9.17, 15) is 4.79 Å². The molecular formula is C21H21NO3S2. The summed E-state index contributed by atoms with van der Waals surface area (Å²) >= 11 is 3.40. The number of ether oxygens (including phenoxy) is 2. The van der Waals surface area contributed by atoms with E-state index in [0.29, 0.717) is 17.1 Å². The van der Waals surface area contributed by atoms with E-state index in [1.54, 1.807) is 61.4 Å². The number of thioether (sulfide) groups is 1. The number of anilines is 1. The summed E-state index contributed by atoms with van der Waals surface area (Å²) < 4.78 is 10.6. The van der Waals surface area contributed by atoms with Crippen molar-refractivity contribution < 1.29 is 14.3 Å². The topological polar surface area (TPSA) is 38.8 Å². The van der Waals surface area contributed by atoms with Gasteiger partial charge >= 0.3 is 0 Å². The van der Waals surface area contributed by atoms with Crippen molar-refractivity contribution in [3.63, 3.8) is 0 Å². The van der Waals surface area contributed by atoms with Gasteiger partial charge < -0.3 is 14.4 Å². The molecular weight excluding hydrogens is 378 g/mol. The molecule has 0 unspecified atom stereocenters. The molecule has 0 saturated heterocycles. The van der Waals surface area contributed by atoms with Crippen molar-refractivity contribution in [2.45, 2.75) is 10.6 Å². The smallest absolute Gasteiger partial charge is 0.259 e. The molecule has 1 amide bonds. The first-order chi connectivity index (χ1) is 13.1. The summed E-state index contributed by atoms with van der Waals surface area (Å²) in [5, 5.41) is 2.07. The van der Waals surface area contributed by atoms with Gasteiger partial charge in [0.05, 0.1) is 19.8 Å². The number of nitrogens with zero attached hydrogens (tertiary/aromatic N) is 1. The highest BCUT2D eigenvalue weighted by molar-refractivity contribution is 7.98. The first kappa shape index (κ1) is 19.3. The lowest BCUT2D eigenvalue weighted by atomic mass is 10.2. The van der Waals surface area contributed by atoms with Gasteiger partial charge in [0, 0.05) is 34.3 Å². The van der Waals surface area contributed by atoms with E-state index in [1.165, 1.54) is 4.88 Å². The summed E-state index contributed by atoms with van der Waals surface area (Å²) in [6.07, 6.45) is 0. The number of amides is 1. The molecule has 0 radical (unpaired) electrons. The van der Waals surface area contributed by atoms with E-state index in [2.05, 4.69) is 11.4 Å². The van der Waals surface area contributed by atoms with Gasteiger partial charge in [0.1, 0.15) is 0 Å². The predicted molar refractivity (Wildman–Crippen MR) is 113 cm³/mol. The van der Waals surface area contributed by atoms with E-state index in [-0.39, 0.29) is 5.91 Å². The Hall–Kier alpha value is -2.44. The van der Waals surface area contributed by atoms with Crippen LogP contribution >= 0.6 is 23.1 Å². The second-order valence-corrected chi connectivity index (χ2v) is 7.82. The van der Waals surface area contributed by atoms with Crippen molar-refractivity contribution in [3.05, 3.63) is 70.4 Å². The fraction of sp³-hybridized carbons (Fsp3) is 0.190. The van der Waals surface area contributed by atoms with Gasteiger partial charge in [-0.15, -0.1) is 23.1 Å². The average molecular weight is 400 g/mol. The standard InChI is InChI=1S/C21H21NO3S2/c1-22(15-10-11-18(24-2)19(13-15)25-3)21(23)17-8-4-5-9-20(17)27-14-16-7-6-12-26-16/h4-13H,14H2,1-3H3. The third-order valence-corrected chi connectivity index (χ3v) is 6.31. The zero-order valence-electron chi connectivity index (χ0n) is 15.5. The largest absolute Gasteiger partial charge is 0.493 e. The second-order valence-electron chi connectivity index (χ2n) is 5.77. The van der Waals surface area contributed by atoms with Gasteiger partial charge in [-0.25, -0.2) is 0 Å². The van der Waals surface area contributed by atoms with Crippen LogP contribution in [0.25, 0.3) is 0 Å². The number of methoxy groups -OCH3 is 2. The fourth-order valence-electron chi connectivity index (χ4n) is 2.64. The summed E-state index contributed by atoms with van der Waals surface area (Å²) in [5.41, 5.74) is 1.44. The summed E-state index contributed by atoms with van der Waals surface area (Å²) in [6.45, 7) is 0. The quantitative estimate of drug-likeness (QED) is 0.503. The predicted octanol–water partition coefficient (Wildman–Crippen LogP) is 5.33. The van der Waals surface area contributed by atoms with Crippen LogP contribution in [0.4, 0.5) is 5.69 Å². The Bertz CT molecular complexity index is 910. The number of benzene rings is 2. The Balaban J connectivity index is 1.83. The first-order valence-electron chi connectivity index (χ1n) is 8.38. The van der Waals surface area contributed by atoms with Crippen LogP contribution in [0, 0.1) is 0 Å². The van der Waals surface area contributed by atoms with E-state index in [4.69, 9.17) is 9.47 Å². The van der Waals surface area contributed by atoms with Crippen molar-refractivity contribution in [1.29, 1.82) is 0 Å².